The van der Waals surface area contributed by atoms with Gasteiger partial charge in [-0.15, -0.1) is 4.91 Å². The first-order valence-corrected chi connectivity index (χ1v) is 3.47. The van der Waals surface area contributed by atoms with Crippen LogP contribution in [0.4, 0.5) is 5.69 Å². The second kappa shape index (κ2) is 3.17. The third-order valence-corrected chi connectivity index (χ3v) is 1.63. The lowest BCUT2D eigenvalue weighted by Crippen LogP contribution is -1.85. The van der Waals surface area contributed by atoms with Gasteiger partial charge in [-0.25, -0.2) is 0 Å². The molecule has 1 aromatic carbocycles. The summed E-state index contributed by atoms with van der Waals surface area (Å²) in [5.74, 6) is 0.00458. The Kier molecular flexibility index (Phi) is 2.24. The molecule has 0 heterocycles. The van der Waals surface area contributed by atoms with Crippen LogP contribution in [0.3, 0.4) is 0 Å². The third kappa shape index (κ3) is 1.50. The summed E-state index contributed by atoms with van der Waals surface area (Å²) in [6.45, 7) is 5.17. The van der Waals surface area contributed by atoms with E-state index in [1.54, 1.807) is 19.1 Å². The Morgan fingerprint density at radius 2 is 2.25 bits per heavy atom. The van der Waals surface area contributed by atoms with E-state index in [4.69, 9.17) is 5.11 Å². The van der Waals surface area contributed by atoms with Crippen molar-refractivity contribution in [3.63, 3.8) is 0 Å². The third-order valence-electron chi connectivity index (χ3n) is 1.63. The van der Waals surface area contributed by atoms with Gasteiger partial charge in [0.2, 0.25) is 0 Å². The number of benzene rings is 1. The zero-order chi connectivity index (χ0) is 9.14. The Bertz CT molecular complexity index is 331. The number of nitroso groups, excluding NO2 is 1. The average molecular weight is 163 g/mol. The van der Waals surface area contributed by atoms with Crippen LogP contribution < -0.4 is 0 Å². The lowest BCUT2D eigenvalue weighted by Gasteiger charge is -2.02. The first-order valence-electron chi connectivity index (χ1n) is 3.47. The summed E-state index contributed by atoms with van der Waals surface area (Å²) in [5.41, 5.74) is 1.79. The molecule has 0 spiro atoms. The molecule has 0 atom stereocenters. The Balaban J connectivity index is 3.20. The molecular formula is C9H9NO2. The number of hydrogen-bond acceptors (Lipinski definition) is 3. The summed E-state index contributed by atoms with van der Waals surface area (Å²) in [6.07, 6.45) is 0. The van der Waals surface area contributed by atoms with Crippen LogP contribution in [0.25, 0.3) is 5.76 Å². The number of aliphatic hydroxyl groups is 1. The molecule has 0 aromatic heterocycles. The second-order valence-electron chi connectivity index (χ2n) is 2.54. The number of aliphatic hydroxyl groups excluding tert-OH is 1. The van der Waals surface area contributed by atoms with E-state index in [9.17, 15) is 4.91 Å². The standard InChI is InChI=1S/C9H9NO2/c1-6-5-8(10-12)3-4-9(6)7(2)11/h3-5,11H,2H2,1H3. The normalized spacial score (nSPS) is 9.42. The van der Waals surface area contributed by atoms with Crippen LogP contribution in [0.15, 0.2) is 30.0 Å². The van der Waals surface area contributed by atoms with E-state index in [2.05, 4.69) is 11.8 Å². The lowest BCUT2D eigenvalue weighted by atomic mass is 10.1. The van der Waals surface area contributed by atoms with Crippen molar-refractivity contribution in [2.45, 2.75) is 6.92 Å². The molecule has 0 saturated carbocycles. The molecule has 0 aliphatic heterocycles. The lowest BCUT2D eigenvalue weighted by molar-refractivity contribution is 0.513. The molecule has 0 unspecified atom stereocenters. The molecule has 62 valence electrons. The maximum Gasteiger partial charge on any atom is 0.115 e. The van der Waals surface area contributed by atoms with Crippen LogP contribution in [0.1, 0.15) is 11.1 Å². The molecule has 1 rings (SSSR count). The Labute approximate surface area is 70.3 Å². The molecule has 0 aliphatic carbocycles. The first-order chi connectivity index (χ1) is 5.65. The molecule has 1 N–H and O–H groups in total. The van der Waals surface area contributed by atoms with E-state index in [1.807, 2.05) is 0 Å². The van der Waals surface area contributed by atoms with E-state index in [0.717, 1.165) is 5.56 Å². The van der Waals surface area contributed by atoms with Crippen LogP contribution in [0, 0.1) is 11.8 Å². The number of nitrogens with zero attached hydrogens (tertiary/aromatic N) is 1. The van der Waals surface area contributed by atoms with Crippen molar-refractivity contribution in [1.29, 1.82) is 0 Å². The maximum atomic E-state index is 10.1. The van der Waals surface area contributed by atoms with Crippen molar-refractivity contribution in [3.8, 4) is 0 Å². The van der Waals surface area contributed by atoms with Gasteiger partial charge in [-0.2, -0.15) is 0 Å². The van der Waals surface area contributed by atoms with Crippen molar-refractivity contribution in [1.82, 2.24) is 0 Å². The van der Waals surface area contributed by atoms with Gasteiger partial charge in [0.15, 0.2) is 0 Å². The smallest absolute Gasteiger partial charge is 0.115 e. The topological polar surface area (TPSA) is 49.7 Å². The highest BCUT2D eigenvalue weighted by Crippen LogP contribution is 2.20. The van der Waals surface area contributed by atoms with Gasteiger partial charge in [-0.1, -0.05) is 6.58 Å². The van der Waals surface area contributed by atoms with Gasteiger partial charge >= 0.3 is 0 Å². The van der Waals surface area contributed by atoms with Crippen LogP contribution >= 0.6 is 0 Å². The maximum absolute atomic E-state index is 10.1. The van der Waals surface area contributed by atoms with Gasteiger partial charge in [0.1, 0.15) is 11.4 Å². The van der Waals surface area contributed by atoms with Crippen molar-refractivity contribution < 1.29 is 5.11 Å². The molecular weight excluding hydrogens is 154 g/mol. The van der Waals surface area contributed by atoms with Gasteiger partial charge in [0.05, 0.1) is 0 Å². The number of hydrogen-bond donors (Lipinski definition) is 1. The SMILES string of the molecule is C=C(O)c1ccc(N=O)cc1C. The van der Waals surface area contributed by atoms with E-state index in [0.29, 0.717) is 11.3 Å². The van der Waals surface area contributed by atoms with Gasteiger partial charge in [-0.05, 0) is 35.9 Å². The summed E-state index contributed by atoms with van der Waals surface area (Å²) in [6, 6.07) is 4.76. The Morgan fingerprint density at radius 3 is 2.67 bits per heavy atom. The van der Waals surface area contributed by atoms with Crippen molar-refractivity contribution in [3.05, 3.63) is 40.8 Å². The van der Waals surface area contributed by atoms with Crippen molar-refractivity contribution in [2.75, 3.05) is 0 Å². The minimum absolute atomic E-state index is 0.00458. The average Bonchev–Trinajstić information content (AvgIpc) is 2.03. The summed E-state index contributed by atoms with van der Waals surface area (Å²) >= 11 is 0. The first kappa shape index (κ1) is 8.46. The fraction of sp³-hybridized carbons (Fsp3) is 0.111. The van der Waals surface area contributed by atoms with Gasteiger partial charge in [0, 0.05) is 5.56 Å². The Morgan fingerprint density at radius 1 is 1.58 bits per heavy atom. The number of rotatable bonds is 2. The van der Waals surface area contributed by atoms with Crippen LogP contribution in [-0.2, 0) is 0 Å². The fourth-order valence-corrected chi connectivity index (χ4v) is 1.03. The molecule has 0 amide bonds. The van der Waals surface area contributed by atoms with E-state index >= 15 is 0 Å². The molecule has 3 heteroatoms. The highest BCUT2D eigenvalue weighted by atomic mass is 16.3. The summed E-state index contributed by atoms with van der Waals surface area (Å²) < 4.78 is 0. The van der Waals surface area contributed by atoms with Crippen molar-refractivity contribution in [2.24, 2.45) is 5.18 Å². The van der Waals surface area contributed by atoms with Crippen LogP contribution in [0.2, 0.25) is 0 Å². The molecule has 0 saturated heterocycles. The molecule has 0 fully saturated rings. The molecule has 3 nitrogen and oxygen atoms in total. The highest BCUT2D eigenvalue weighted by Gasteiger charge is 2.01. The van der Waals surface area contributed by atoms with E-state index < -0.39 is 0 Å². The van der Waals surface area contributed by atoms with Gasteiger partial charge in [-0.3, -0.25) is 0 Å². The number of aryl methyl sites for hydroxylation is 1. The summed E-state index contributed by atoms with van der Waals surface area (Å²) in [4.78, 5) is 10.1. The largest absolute Gasteiger partial charge is 0.508 e. The van der Waals surface area contributed by atoms with Gasteiger partial charge < -0.3 is 5.11 Å². The zero-order valence-electron chi connectivity index (χ0n) is 6.74. The molecule has 1 aromatic rings. The second-order valence-corrected chi connectivity index (χ2v) is 2.54. The predicted molar refractivity (Wildman–Crippen MR) is 48.3 cm³/mol. The molecule has 0 radical (unpaired) electrons. The summed E-state index contributed by atoms with van der Waals surface area (Å²) in [7, 11) is 0. The van der Waals surface area contributed by atoms with Crippen molar-refractivity contribution >= 4 is 11.4 Å². The zero-order valence-corrected chi connectivity index (χ0v) is 6.74. The Hall–Kier alpha value is -1.64. The summed E-state index contributed by atoms with van der Waals surface area (Å²) in [5, 5.41) is 11.8. The van der Waals surface area contributed by atoms with Crippen LogP contribution in [0.5, 0.6) is 0 Å². The highest BCUT2D eigenvalue weighted by molar-refractivity contribution is 5.62. The van der Waals surface area contributed by atoms with Gasteiger partial charge in [0.25, 0.3) is 0 Å². The minimum Gasteiger partial charge on any atom is -0.508 e. The molecule has 0 bridgehead atoms. The van der Waals surface area contributed by atoms with E-state index in [1.165, 1.54) is 6.07 Å². The monoisotopic (exact) mass is 163 g/mol. The molecule has 12 heavy (non-hydrogen) atoms. The fourth-order valence-electron chi connectivity index (χ4n) is 1.03. The quantitative estimate of drug-likeness (QED) is 0.538. The molecule has 0 aliphatic rings. The van der Waals surface area contributed by atoms with Crippen LogP contribution in [-0.4, -0.2) is 5.11 Å². The minimum atomic E-state index is 0.00458. The predicted octanol–water partition coefficient (Wildman–Crippen LogP) is 2.92. The van der Waals surface area contributed by atoms with E-state index in [-0.39, 0.29) is 5.76 Å².